The first-order valence-corrected chi connectivity index (χ1v) is 7.14. The van der Waals surface area contributed by atoms with Gasteiger partial charge in [0, 0.05) is 24.9 Å². The fourth-order valence-corrected chi connectivity index (χ4v) is 1.79. The quantitative estimate of drug-likeness (QED) is 0.758. The van der Waals surface area contributed by atoms with Crippen molar-refractivity contribution in [3.8, 4) is 0 Å². The van der Waals surface area contributed by atoms with Crippen molar-refractivity contribution in [2.45, 2.75) is 27.2 Å². The topological polar surface area (TPSA) is 67.4 Å². The number of rotatable bonds is 7. The van der Waals surface area contributed by atoms with Crippen molar-refractivity contribution < 1.29 is 14.3 Å². The molecule has 0 saturated heterocycles. The van der Waals surface area contributed by atoms with Gasteiger partial charge in [-0.3, -0.25) is 9.59 Å². The summed E-state index contributed by atoms with van der Waals surface area (Å²) >= 11 is 0. The van der Waals surface area contributed by atoms with Crippen molar-refractivity contribution in [3.63, 3.8) is 0 Å². The number of nitrogens with one attached hydrogen (secondary N) is 2. The molecule has 116 valence electrons. The first-order valence-electron chi connectivity index (χ1n) is 7.14. The minimum absolute atomic E-state index is 0.0884. The van der Waals surface area contributed by atoms with Crippen LogP contribution in [0.3, 0.4) is 0 Å². The van der Waals surface area contributed by atoms with Gasteiger partial charge in [-0.25, -0.2) is 0 Å². The molecule has 0 spiro atoms. The number of carbonyl (C=O) groups excluding carboxylic acids is 2. The van der Waals surface area contributed by atoms with E-state index >= 15 is 0 Å². The average Bonchev–Trinajstić information content (AvgIpc) is 2.44. The lowest BCUT2D eigenvalue weighted by Crippen LogP contribution is -2.19. The van der Waals surface area contributed by atoms with Crippen molar-refractivity contribution in [2.24, 2.45) is 5.92 Å². The van der Waals surface area contributed by atoms with Crippen LogP contribution in [0.15, 0.2) is 18.2 Å². The lowest BCUT2D eigenvalue weighted by atomic mass is 10.1. The van der Waals surface area contributed by atoms with Gasteiger partial charge in [-0.1, -0.05) is 13.8 Å². The Balaban J connectivity index is 2.51. The van der Waals surface area contributed by atoms with Crippen LogP contribution >= 0.6 is 0 Å². The van der Waals surface area contributed by atoms with Gasteiger partial charge < -0.3 is 15.4 Å². The van der Waals surface area contributed by atoms with E-state index in [2.05, 4.69) is 24.5 Å². The predicted octanol–water partition coefficient (Wildman–Crippen LogP) is 2.36. The van der Waals surface area contributed by atoms with Crippen molar-refractivity contribution >= 4 is 17.5 Å². The summed E-state index contributed by atoms with van der Waals surface area (Å²) in [6.07, 6.45) is 0.323. The summed E-state index contributed by atoms with van der Waals surface area (Å²) in [4.78, 5) is 23.3. The van der Waals surface area contributed by atoms with Gasteiger partial charge >= 0.3 is 0 Å². The van der Waals surface area contributed by atoms with Gasteiger partial charge in [-0.2, -0.15) is 0 Å². The van der Waals surface area contributed by atoms with Crippen LogP contribution in [0.2, 0.25) is 0 Å². The van der Waals surface area contributed by atoms with E-state index < -0.39 is 0 Å². The van der Waals surface area contributed by atoms with Crippen molar-refractivity contribution in [3.05, 3.63) is 29.3 Å². The molecule has 0 aliphatic heterocycles. The molecule has 0 radical (unpaired) electrons. The molecule has 2 N–H and O–H groups in total. The Kier molecular flexibility index (Phi) is 6.88. The van der Waals surface area contributed by atoms with Crippen molar-refractivity contribution in [1.29, 1.82) is 0 Å². The molecule has 1 aromatic carbocycles. The molecule has 0 fully saturated rings. The molecule has 0 heterocycles. The number of benzene rings is 1. The Hall–Kier alpha value is -1.88. The standard InChI is InChI=1S/C16H24N2O3/c1-11(2)10-21-8-7-15(19)18-14-6-5-13(9-12(14)3)16(20)17-4/h5-6,9,11H,7-8,10H2,1-4H3,(H,17,20)(H,18,19). The number of amides is 2. The Labute approximate surface area is 126 Å². The number of hydrogen-bond acceptors (Lipinski definition) is 3. The zero-order chi connectivity index (χ0) is 15.8. The molecule has 2 amide bonds. The van der Waals surface area contributed by atoms with Crippen LogP contribution in [0, 0.1) is 12.8 Å². The Morgan fingerprint density at radius 1 is 1.29 bits per heavy atom. The van der Waals surface area contributed by atoms with Crippen LogP contribution in [-0.4, -0.2) is 32.1 Å². The minimum Gasteiger partial charge on any atom is -0.381 e. The normalized spacial score (nSPS) is 10.5. The maximum absolute atomic E-state index is 11.8. The van der Waals surface area contributed by atoms with Crippen LogP contribution < -0.4 is 10.6 Å². The summed E-state index contributed by atoms with van der Waals surface area (Å²) in [6.45, 7) is 7.07. The summed E-state index contributed by atoms with van der Waals surface area (Å²) in [7, 11) is 1.59. The fraction of sp³-hybridized carbons (Fsp3) is 0.500. The average molecular weight is 292 g/mol. The Morgan fingerprint density at radius 2 is 2.00 bits per heavy atom. The van der Waals surface area contributed by atoms with E-state index in [4.69, 9.17) is 4.74 Å². The molecular formula is C16H24N2O3. The third-order valence-electron chi connectivity index (χ3n) is 2.91. The molecule has 0 aliphatic carbocycles. The molecule has 1 rings (SSSR count). The zero-order valence-corrected chi connectivity index (χ0v) is 13.2. The maximum atomic E-state index is 11.8. The summed E-state index contributed by atoms with van der Waals surface area (Å²) in [5, 5.41) is 5.40. The largest absolute Gasteiger partial charge is 0.381 e. The van der Waals surface area contributed by atoms with E-state index in [-0.39, 0.29) is 11.8 Å². The van der Waals surface area contributed by atoms with E-state index in [1.165, 1.54) is 0 Å². The molecule has 0 aromatic heterocycles. The summed E-state index contributed by atoms with van der Waals surface area (Å²) in [5.74, 6) is 0.236. The highest BCUT2D eigenvalue weighted by Gasteiger charge is 2.08. The summed E-state index contributed by atoms with van der Waals surface area (Å²) in [6, 6.07) is 5.19. The number of carbonyl (C=O) groups is 2. The van der Waals surface area contributed by atoms with Gasteiger partial charge in [0.2, 0.25) is 5.91 Å². The predicted molar refractivity (Wildman–Crippen MR) is 83.5 cm³/mol. The number of aryl methyl sites for hydroxylation is 1. The Morgan fingerprint density at radius 3 is 2.57 bits per heavy atom. The summed E-state index contributed by atoms with van der Waals surface area (Å²) < 4.78 is 5.39. The van der Waals surface area contributed by atoms with E-state index in [1.807, 2.05) is 6.92 Å². The third-order valence-corrected chi connectivity index (χ3v) is 2.91. The SMILES string of the molecule is CNC(=O)c1ccc(NC(=O)CCOCC(C)C)c(C)c1. The van der Waals surface area contributed by atoms with E-state index in [0.29, 0.717) is 31.1 Å². The van der Waals surface area contributed by atoms with Crippen LogP contribution in [0.4, 0.5) is 5.69 Å². The zero-order valence-electron chi connectivity index (χ0n) is 13.2. The monoisotopic (exact) mass is 292 g/mol. The van der Waals surface area contributed by atoms with Crippen molar-refractivity contribution in [2.75, 3.05) is 25.6 Å². The van der Waals surface area contributed by atoms with Crippen molar-refractivity contribution in [1.82, 2.24) is 5.32 Å². The minimum atomic E-state index is -0.141. The first kappa shape index (κ1) is 17.2. The van der Waals surface area contributed by atoms with Gasteiger partial charge in [0.25, 0.3) is 5.91 Å². The van der Waals surface area contributed by atoms with Crippen LogP contribution in [-0.2, 0) is 9.53 Å². The highest BCUT2D eigenvalue weighted by molar-refractivity contribution is 5.96. The van der Waals surface area contributed by atoms with E-state index in [0.717, 1.165) is 11.3 Å². The second kappa shape index (κ2) is 8.42. The second-order valence-electron chi connectivity index (χ2n) is 5.38. The van der Waals surface area contributed by atoms with Gasteiger partial charge in [0.15, 0.2) is 0 Å². The maximum Gasteiger partial charge on any atom is 0.251 e. The second-order valence-corrected chi connectivity index (χ2v) is 5.38. The molecule has 0 bridgehead atoms. The molecule has 0 unspecified atom stereocenters. The van der Waals surface area contributed by atoms with Gasteiger partial charge in [0.1, 0.15) is 0 Å². The molecule has 5 nitrogen and oxygen atoms in total. The molecule has 0 atom stereocenters. The molecule has 21 heavy (non-hydrogen) atoms. The van der Waals surface area contributed by atoms with Gasteiger partial charge in [-0.15, -0.1) is 0 Å². The molecule has 0 saturated carbocycles. The van der Waals surface area contributed by atoms with E-state index in [1.54, 1.807) is 25.2 Å². The highest BCUT2D eigenvalue weighted by atomic mass is 16.5. The fourth-order valence-electron chi connectivity index (χ4n) is 1.79. The molecule has 5 heteroatoms. The summed E-state index contributed by atoms with van der Waals surface area (Å²) in [5.41, 5.74) is 2.15. The number of hydrogen-bond donors (Lipinski definition) is 2. The molecule has 1 aromatic rings. The lowest BCUT2D eigenvalue weighted by Gasteiger charge is -2.10. The van der Waals surface area contributed by atoms with Gasteiger partial charge in [-0.05, 0) is 36.6 Å². The smallest absolute Gasteiger partial charge is 0.251 e. The third kappa shape index (κ3) is 5.95. The Bertz CT molecular complexity index is 498. The number of ether oxygens (including phenoxy) is 1. The van der Waals surface area contributed by atoms with Gasteiger partial charge in [0.05, 0.1) is 13.0 Å². The molecule has 0 aliphatic rings. The van der Waals surface area contributed by atoms with Crippen LogP contribution in [0.1, 0.15) is 36.2 Å². The van der Waals surface area contributed by atoms with E-state index in [9.17, 15) is 9.59 Å². The highest BCUT2D eigenvalue weighted by Crippen LogP contribution is 2.16. The van der Waals surface area contributed by atoms with Crippen LogP contribution in [0.25, 0.3) is 0 Å². The number of anilines is 1. The lowest BCUT2D eigenvalue weighted by molar-refractivity contribution is -0.117. The van der Waals surface area contributed by atoms with Crippen LogP contribution in [0.5, 0.6) is 0 Å². The first-order chi connectivity index (χ1) is 9.93. The molecular weight excluding hydrogens is 268 g/mol.